The molecular weight excluding hydrogens is 468 g/mol. The number of hydrogen-bond donors (Lipinski definition) is 1. The summed E-state index contributed by atoms with van der Waals surface area (Å²) in [5.41, 5.74) is 2.07. The summed E-state index contributed by atoms with van der Waals surface area (Å²) in [7, 11) is 0. The summed E-state index contributed by atoms with van der Waals surface area (Å²) < 4.78 is 11.6. The second-order valence-electron chi connectivity index (χ2n) is 9.07. The Morgan fingerprint density at radius 3 is 2.43 bits per heavy atom. The number of hydrogen-bond acceptors (Lipinski definition) is 5. The van der Waals surface area contributed by atoms with E-state index in [0.717, 1.165) is 38.5 Å². The van der Waals surface area contributed by atoms with Gasteiger partial charge in [-0.3, -0.25) is 9.59 Å². The molecule has 0 amide bonds. The lowest BCUT2D eigenvalue weighted by molar-refractivity contribution is -0.134. The van der Waals surface area contributed by atoms with Crippen molar-refractivity contribution in [2.24, 2.45) is 0 Å². The predicted octanol–water partition coefficient (Wildman–Crippen LogP) is 7.48. The van der Waals surface area contributed by atoms with Crippen LogP contribution in [0.4, 0.5) is 0 Å². The van der Waals surface area contributed by atoms with Crippen molar-refractivity contribution in [1.29, 1.82) is 0 Å². The van der Waals surface area contributed by atoms with Gasteiger partial charge in [0.05, 0.1) is 5.56 Å². The van der Waals surface area contributed by atoms with Crippen molar-refractivity contribution in [1.82, 2.24) is 0 Å². The second-order valence-corrected chi connectivity index (χ2v) is 9.07. The Labute approximate surface area is 215 Å². The average molecular weight is 499 g/mol. The van der Waals surface area contributed by atoms with Crippen LogP contribution in [-0.4, -0.2) is 17.0 Å². The zero-order valence-electron chi connectivity index (χ0n) is 20.7. The molecule has 4 rings (SSSR count). The number of benzene rings is 3. The Bertz CT molecular complexity index is 1450. The number of unbranched alkanes of at least 4 members (excludes halogenated alkanes) is 6. The SMILES string of the molecule is C=CCCCCCCCCC(=O)Oc1ccc2c(-c3ccccc3C(=O)O)c3ccc(=O)cc-3oc2c1. The van der Waals surface area contributed by atoms with Gasteiger partial charge >= 0.3 is 11.9 Å². The van der Waals surface area contributed by atoms with Gasteiger partial charge in [-0.25, -0.2) is 4.79 Å². The molecular formula is C31H30O6. The highest BCUT2D eigenvalue weighted by Crippen LogP contribution is 2.41. The van der Waals surface area contributed by atoms with Gasteiger partial charge in [-0.1, -0.05) is 50.0 Å². The van der Waals surface area contributed by atoms with Gasteiger partial charge in [0.25, 0.3) is 0 Å². The average Bonchev–Trinajstić information content (AvgIpc) is 2.88. The number of ether oxygens (including phenoxy) is 1. The van der Waals surface area contributed by atoms with E-state index in [1.54, 1.807) is 48.5 Å². The summed E-state index contributed by atoms with van der Waals surface area (Å²) in [5.74, 6) is -0.710. The van der Waals surface area contributed by atoms with Crippen molar-refractivity contribution < 1.29 is 23.8 Å². The van der Waals surface area contributed by atoms with E-state index in [9.17, 15) is 19.5 Å². The van der Waals surface area contributed by atoms with Gasteiger partial charge in [0.2, 0.25) is 0 Å². The van der Waals surface area contributed by atoms with E-state index < -0.39 is 5.97 Å². The lowest BCUT2D eigenvalue weighted by Gasteiger charge is -2.17. The minimum Gasteiger partial charge on any atom is -0.478 e. The predicted molar refractivity (Wildman–Crippen MR) is 144 cm³/mol. The lowest BCUT2D eigenvalue weighted by atomic mass is 9.91. The molecule has 0 saturated carbocycles. The first-order valence-corrected chi connectivity index (χ1v) is 12.6. The third kappa shape index (κ3) is 6.33. The number of allylic oxidation sites excluding steroid dienone is 1. The first-order valence-electron chi connectivity index (χ1n) is 12.6. The number of carbonyl (C=O) groups is 2. The number of carbonyl (C=O) groups excluding carboxylic acids is 1. The van der Waals surface area contributed by atoms with Crippen LogP contribution in [0.5, 0.6) is 5.75 Å². The van der Waals surface area contributed by atoms with E-state index in [1.807, 2.05) is 6.08 Å². The van der Waals surface area contributed by atoms with Gasteiger partial charge in [-0.2, -0.15) is 0 Å². The van der Waals surface area contributed by atoms with E-state index in [-0.39, 0.29) is 17.0 Å². The number of rotatable bonds is 12. The highest BCUT2D eigenvalue weighted by molar-refractivity contribution is 6.07. The fourth-order valence-corrected chi connectivity index (χ4v) is 4.54. The monoisotopic (exact) mass is 498 g/mol. The van der Waals surface area contributed by atoms with Crippen LogP contribution in [0, 0.1) is 0 Å². The summed E-state index contributed by atoms with van der Waals surface area (Å²) in [4.78, 5) is 36.4. The topological polar surface area (TPSA) is 93.8 Å². The first kappa shape index (κ1) is 25.9. The molecule has 0 unspecified atom stereocenters. The number of esters is 1. The Morgan fingerprint density at radius 1 is 0.892 bits per heavy atom. The molecule has 6 heteroatoms. The molecule has 0 aromatic heterocycles. The summed E-state index contributed by atoms with van der Waals surface area (Å²) in [6, 6.07) is 16.2. The molecule has 2 aliphatic rings. The number of carboxylic acid groups (broad SMARTS) is 1. The molecule has 6 nitrogen and oxygen atoms in total. The van der Waals surface area contributed by atoms with Gasteiger partial charge < -0.3 is 14.3 Å². The van der Waals surface area contributed by atoms with Crippen LogP contribution in [0.3, 0.4) is 0 Å². The summed E-state index contributed by atoms with van der Waals surface area (Å²) in [6.45, 7) is 3.73. The molecule has 0 spiro atoms. The summed E-state index contributed by atoms with van der Waals surface area (Å²) in [5, 5.41) is 10.4. The van der Waals surface area contributed by atoms with Crippen LogP contribution in [0.2, 0.25) is 0 Å². The zero-order valence-corrected chi connectivity index (χ0v) is 20.7. The van der Waals surface area contributed by atoms with E-state index >= 15 is 0 Å². The van der Waals surface area contributed by atoms with Gasteiger partial charge in [-0.15, -0.1) is 6.58 Å². The smallest absolute Gasteiger partial charge is 0.336 e. The van der Waals surface area contributed by atoms with E-state index in [0.29, 0.717) is 45.6 Å². The third-order valence-electron chi connectivity index (χ3n) is 6.36. The van der Waals surface area contributed by atoms with Crippen LogP contribution in [0.25, 0.3) is 33.4 Å². The van der Waals surface area contributed by atoms with Gasteiger partial charge in [0.15, 0.2) is 5.43 Å². The van der Waals surface area contributed by atoms with Crippen molar-refractivity contribution in [2.45, 2.75) is 51.4 Å². The molecule has 2 aromatic rings. The lowest BCUT2D eigenvalue weighted by Crippen LogP contribution is -2.07. The van der Waals surface area contributed by atoms with Crippen molar-refractivity contribution in [3.05, 3.63) is 89.1 Å². The molecule has 0 saturated heterocycles. The molecule has 1 aliphatic heterocycles. The van der Waals surface area contributed by atoms with Crippen molar-refractivity contribution in [2.75, 3.05) is 0 Å². The Kier molecular flexibility index (Phi) is 8.52. The van der Waals surface area contributed by atoms with Crippen LogP contribution >= 0.6 is 0 Å². The third-order valence-corrected chi connectivity index (χ3v) is 6.36. The Balaban J connectivity index is 1.57. The molecule has 1 heterocycles. The fourth-order valence-electron chi connectivity index (χ4n) is 4.54. The van der Waals surface area contributed by atoms with Crippen LogP contribution in [0.15, 0.2) is 82.5 Å². The van der Waals surface area contributed by atoms with Crippen LogP contribution < -0.4 is 10.2 Å². The van der Waals surface area contributed by atoms with Crippen molar-refractivity contribution in [3.63, 3.8) is 0 Å². The van der Waals surface area contributed by atoms with E-state index in [2.05, 4.69) is 6.58 Å². The summed E-state index contributed by atoms with van der Waals surface area (Å²) in [6.07, 6.45) is 9.65. The minimum atomic E-state index is -1.06. The maximum Gasteiger partial charge on any atom is 0.336 e. The van der Waals surface area contributed by atoms with Crippen molar-refractivity contribution in [3.8, 4) is 28.2 Å². The van der Waals surface area contributed by atoms with Crippen LogP contribution in [0.1, 0.15) is 61.7 Å². The minimum absolute atomic E-state index is 0.138. The summed E-state index contributed by atoms with van der Waals surface area (Å²) >= 11 is 0. The van der Waals surface area contributed by atoms with Gasteiger partial charge in [0.1, 0.15) is 17.1 Å². The van der Waals surface area contributed by atoms with E-state index in [1.165, 1.54) is 18.6 Å². The standard InChI is InChI=1S/C31H30O6/c1-2-3-4-5-6-7-8-9-14-29(33)36-22-16-18-26-28(20-22)37-27-19-21(32)15-17-25(27)30(26)23-12-10-11-13-24(23)31(34)35/h2,10-13,15-20H,1,3-9,14H2,(H,34,35). The Morgan fingerprint density at radius 2 is 1.65 bits per heavy atom. The number of aromatic carboxylic acids is 1. The highest BCUT2D eigenvalue weighted by atomic mass is 16.5. The van der Waals surface area contributed by atoms with Gasteiger partial charge in [-0.05, 0) is 55.2 Å². The molecule has 0 bridgehead atoms. The van der Waals surface area contributed by atoms with Gasteiger partial charge in [0, 0.05) is 35.1 Å². The maximum absolute atomic E-state index is 12.4. The fraction of sp³-hybridized carbons (Fsp3) is 0.258. The first-order chi connectivity index (χ1) is 18.0. The second kappa shape index (κ2) is 12.2. The molecule has 37 heavy (non-hydrogen) atoms. The van der Waals surface area contributed by atoms with E-state index in [4.69, 9.17) is 9.15 Å². The molecule has 2 aromatic carbocycles. The van der Waals surface area contributed by atoms with Crippen molar-refractivity contribution >= 4 is 22.9 Å². The van der Waals surface area contributed by atoms with Crippen LogP contribution in [-0.2, 0) is 4.79 Å². The normalized spacial score (nSPS) is 11.0. The zero-order chi connectivity index (χ0) is 26.2. The highest BCUT2D eigenvalue weighted by Gasteiger charge is 2.21. The maximum atomic E-state index is 12.4. The molecule has 1 aliphatic carbocycles. The number of carboxylic acids is 1. The molecule has 0 radical (unpaired) electrons. The molecule has 1 N–H and O–H groups in total. The molecule has 190 valence electrons. The Hall–Kier alpha value is -4.19. The number of fused-ring (bicyclic) bond motifs is 2. The molecule has 0 atom stereocenters. The molecule has 0 fully saturated rings. The largest absolute Gasteiger partial charge is 0.478 e. The quantitative estimate of drug-likeness (QED) is 0.0715.